The first-order valence-corrected chi connectivity index (χ1v) is 29.1. The summed E-state index contributed by atoms with van der Waals surface area (Å²) in [5.74, 6) is -11.0. The number of halogens is 6. The number of carbonyl (C=O) groups excluding carboxylic acids is 6. The molecule has 4 fully saturated rings. The second-order valence-electron chi connectivity index (χ2n) is 23.1. The van der Waals surface area contributed by atoms with E-state index in [1.807, 2.05) is 44.2 Å². The van der Waals surface area contributed by atoms with E-state index in [9.17, 15) is 51.6 Å². The van der Waals surface area contributed by atoms with Gasteiger partial charge in [0.1, 0.15) is 42.1 Å². The van der Waals surface area contributed by atoms with Gasteiger partial charge in [0.15, 0.2) is 29.3 Å². The van der Waals surface area contributed by atoms with E-state index in [-0.39, 0.29) is 62.4 Å². The third kappa shape index (κ3) is 16.1. The molecule has 16 nitrogen and oxygen atoms in total. The summed E-state index contributed by atoms with van der Waals surface area (Å²) in [6.07, 6.45) is 0.627. The van der Waals surface area contributed by atoms with Gasteiger partial charge >= 0.3 is 12.2 Å². The summed E-state index contributed by atoms with van der Waals surface area (Å²) in [7, 11) is 0. The number of nitriles is 1. The number of ether oxygens (including phenoxy) is 1. The molecule has 9 atom stereocenters. The van der Waals surface area contributed by atoms with E-state index >= 15 is 8.78 Å². The molecule has 4 aliphatic heterocycles. The summed E-state index contributed by atoms with van der Waals surface area (Å²) in [5, 5.41) is 15.3. The molecule has 0 aromatic heterocycles. The molecule has 22 heteroatoms. The van der Waals surface area contributed by atoms with Crippen molar-refractivity contribution in [1.82, 2.24) is 30.2 Å². The molecule has 0 spiro atoms. The molecule has 0 saturated carbocycles. The molecular weight excluding hydrogens is 1110 g/mol. The maximum atomic E-state index is 15.3. The van der Waals surface area contributed by atoms with E-state index in [4.69, 9.17) is 15.3 Å². The second kappa shape index (κ2) is 28.7. The van der Waals surface area contributed by atoms with Crippen molar-refractivity contribution in [2.45, 2.75) is 166 Å². The predicted molar refractivity (Wildman–Crippen MR) is 301 cm³/mol. The number of nitrogens with two attached hydrogens (primary N) is 1. The number of likely N-dealkylation sites (tertiary alicyclic amines) is 4. The Morgan fingerprint density at radius 2 is 1.15 bits per heavy atom. The molecule has 0 aliphatic carbocycles. The maximum absolute atomic E-state index is 15.3. The van der Waals surface area contributed by atoms with E-state index in [1.54, 1.807) is 31.2 Å². The molecule has 9 unspecified atom stereocenters. The monoisotopic (exact) mass is 1180 g/mol. The SMILES string of the molecule is CC(C)CC(C)C(=O)N1C([N+]#CC2CCCN2C(=O)CC(Cc2cc(F)c(F)cc2F)NC(=O)C2CCCN2C(=O)C(N)Cc2ccc(OCc3ccccc3)cc2)CCC1C(=O)NC(CC(=O)N1CCCC1C#N)Cc1cc(F)c(F)cc1F. The number of amides is 6. The topological polar surface area (TPSA) is 203 Å². The molecule has 4 aliphatic rings. The molecule has 4 N–H and O–H groups in total. The molecule has 0 bridgehead atoms. The Morgan fingerprint density at radius 3 is 1.73 bits per heavy atom. The summed E-state index contributed by atoms with van der Waals surface area (Å²) >= 11 is 0. The highest BCUT2D eigenvalue weighted by molar-refractivity contribution is 5.92. The van der Waals surface area contributed by atoms with E-state index in [0.29, 0.717) is 75.1 Å². The van der Waals surface area contributed by atoms with Crippen LogP contribution in [0.4, 0.5) is 26.3 Å². The fraction of sp³-hybridized carbons (Fsp3) is 0.492. The molecule has 4 saturated heterocycles. The third-order valence-electron chi connectivity index (χ3n) is 16.3. The highest BCUT2D eigenvalue weighted by atomic mass is 19.2. The minimum atomic E-state index is -1.43. The predicted octanol–water partition coefficient (Wildman–Crippen LogP) is 8.03. The van der Waals surface area contributed by atoms with Crippen molar-refractivity contribution in [3.05, 3.63) is 141 Å². The minimum absolute atomic E-state index is 0.0707. The zero-order chi connectivity index (χ0) is 61.1. The summed E-state index contributed by atoms with van der Waals surface area (Å²) in [5.41, 5.74) is 7.60. The van der Waals surface area contributed by atoms with Crippen LogP contribution in [0.2, 0.25) is 0 Å². The lowest BCUT2D eigenvalue weighted by Gasteiger charge is -2.29. The van der Waals surface area contributed by atoms with Crippen molar-refractivity contribution in [3.63, 3.8) is 0 Å². The Morgan fingerprint density at radius 1 is 0.624 bits per heavy atom. The van der Waals surface area contributed by atoms with Crippen LogP contribution >= 0.6 is 0 Å². The number of nitrogens with one attached hydrogen (secondary N) is 2. The summed E-state index contributed by atoms with van der Waals surface area (Å²) in [4.78, 5) is 95.5. The number of carbonyl (C=O) groups is 6. The van der Waals surface area contributed by atoms with Gasteiger partial charge in [-0.3, -0.25) is 33.7 Å². The average Bonchev–Trinajstić information content (AvgIpc) is 2.69. The molecule has 6 amide bonds. The third-order valence-corrected chi connectivity index (χ3v) is 16.3. The van der Waals surface area contributed by atoms with Crippen LogP contribution in [0.25, 0.3) is 4.85 Å². The standard InChI is InChI=1S/C63H71F6N9O7/c1-37(2)24-38(3)62(83)78-56(61(82)74-44(27-42-29-51(67)53(69)33-49(42)65)30-58(79)75-21-7-12-45(75)34-70)19-20-57(78)72-35-46-13-8-22-76(46)59(80)31-43(26-41-28-50(66)52(68)32-48(41)64)73-60(81)55-14-9-23-77(55)63(84)54(71)25-39-15-17-47(18-16-39)85-36-40-10-5-4-6-11-40/h4-6,10-11,15-18,28-29,32-33,37-38,43-46,54-57H,7-9,12-14,19-27,30-31,36,71H2,1-3H3,(H-,73,74,81,82)/p+1. The van der Waals surface area contributed by atoms with E-state index in [1.165, 1.54) is 19.6 Å². The van der Waals surface area contributed by atoms with Gasteiger partial charge in [-0.05, 0) is 123 Å². The Kier molecular flexibility index (Phi) is 21.3. The molecule has 8 rings (SSSR count). The van der Waals surface area contributed by atoms with Crippen LogP contribution in [-0.2, 0) is 54.6 Å². The van der Waals surface area contributed by atoms with Gasteiger partial charge in [0.05, 0.1) is 18.5 Å². The quantitative estimate of drug-likeness (QED) is 0.0545. The lowest BCUT2D eigenvalue weighted by Crippen LogP contribution is -2.54. The number of rotatable bonds is 21. The van der Waals surface area contributed by atoms with Crippen LogP contribution in [0.5, 0.6) is 5.75 Å². The zero-order valence-corrected chi connectivity index (χ0v) is 47.9. The molecule has 4 heterocycles. The Labute approximate surface area is 490 Å². The first-order chi connectivity index (χ1) is 40.7. The molecule has 4 aromatic carbocycles. The van der Waals surface area contributed by atoms with Gasteiger partial charge in [0, 0.05) is 62.6 Å². The highest BCUT2D eigenvalue weighted by Gasteiger charge is 2.49. The summed E-state index contributed by atoms with van der Waals surface area (Å²) < 4.78 is 93.6. The number of hydrogen-bond donors (Lipinski definition) is 3. The minimum Gasteiger partial charge on any atom is -0.489 e. The molecule has 85 heavy (non-hydrogen) atoms. The number of benzene rings is 4. The van der Waals surface area contributed by atoms with Gasteiger partial charge < -0.3 is 35.8 Å². The first kappa shape index (κ1) is 63.1. The first-order valence-electron chi connectivity index (χ1n) is 29.1. The highest BCUT2D eigenvalue weighted by Crippen LogP contribution is 2.32. The number of hydrogen-bond acceptors (Lipinski definition) is 9. The second-order valence-corrected chi connectivity index (χ2v) is 23.1. The Bertz CT molecular complexity index is 3190. The smallest absolute Gasteiger partial charge is 0.350 e. The van der Waals surface area contributed by atoms with Crippen LogP contribution in [0.15, 0.2) is 78.9 Å². The Balaban J connectivity index is 0.968. The van der Waals surface area contributed by atoms with Crippen LogP contribution < -0.4 is 21.1 Å². The zero-order valence-electron chi connectivity index (χ0n) is 47.9. The van der Waals surface area contributed by atoms with Crippen LogP contribution in [0.1, 0.15) is 114 Å². The lowest BCUT2D eigenvalue weighted by molar-refractivity contribution is -0.143. The van der Waals surface area contributed by atoms with Crippen molar-refractivity contribution in [2.24, 2.45) is 17.6 Å². The van der Waals surface area contributed by atoms with Crippen molar-refractivity contribution in [3.8, 4) is 17.9 Å². The summed E-state index contributed by atoms with van der Waals surface area (Å²) in [6.45, 7) is 6.63. The van der Waals surface area contributed by atoms with Gasteiger partial charge in [-0.2, -0.15) is 5.26 Å². The van der Waals surface area contributed by atoms with Crippen LogP contribution in [0.3, 0.4) is 0 Å². The molecule has 4 aromatic rings. The molecular formula is C63H72F6N9O7+. The lowest BCUT2D eigenvalue weighted by atomic mass is 9.97. The molecule has 0 radical (unpaired) electrons. The van der Waals surface area contributed by atoms with E-state index in [0.717, 1.165) is 11.1 Å². The normalized spacial score (nSPS) is 20.8. The van der Waals surface area contributed by atoms with Gasteiger partial charge in [-0.15, -0.1) is 0 Å². The van der Waals surface area contributed by atoms with Gasteiger partial charge in [-0.25, -0.2) is 26.3 Å². The number of nitrogens with zero attached hydrogens (tertiary/aromatic N) is 6. The van der Waals surface area contributed by atoms with Gasteiger partial charge in [-0.1, -0.05) is 68.1 Å². The van der Waals surface area contributed by atoms with E-state index in [2.05, 4.69) is 22.8 Å². The fourth-order valence-electron chi connectivity index (χ4n) is 12.0. The van der Waals surface area contributed by atoms with Gasteiger partial charge in [0.25, 0.3) is 0 Å². The summed E-state index contributed by atoms with van der Waals surface area (Å²) in [6, 6.07) is 16.9. The van der Waals surface area contributed by atoms with Crippen molar-refractivity contribution < 1.29 is 59.8 Å². The van der Waals surface area contributed by atoms with Crippen LogP contribution in [-0.4, -0.2) is 123 Å². The average molecular weight is 1180 g/mol. The van der Waals surface area contributed by atoms with Crippen molar-refractivity contribution >= 4 is 35.4 Å². The van der Waals surface area contributed by atoms with Crippen molar-refractivity contribution in [2.75, 3.05) is 19.6 Å². The molecule has 452 valence electrons. The Hall–Kier alpha value is -7.98. The van der Waals surface area contributed by atoms with Crippen LogP contribution in [0, 0.1) is 64.1 Å². The van der Waals surface area contributed by atoms with E-state index < -0.39 is 150 Å². The van der Waals surface area contributed by atoms with Gasteiger partial charge in [0.2, 0.25) is 35.4 Å². The van der Waals surface area contributed by atoms with Crippen molar-refractivity contribution in [1.29, 1.82) is 5.26 Å². The largest absolute Gasteiger partial charge is 0.489 e. The maximum Gasteiger partial charge on any atom is 0.350 e. The fourth-order valence-corrected chi connectivity index (χ4v) is 12.0.